The molecule has 3 rings (SSSR count). The van der Waals surface area contributed by atoms with E-state index in [9.17, 15) is 9.59 Å². The van der Waals surface area contributed by atoms with Crippen LogP contribution in [0.15, 0.2) is 30.5 Å². The summed E-state index contributed by atoms with van der Waals surface area (Å²) < 4.78 is 6.66. The van der Waals surface area contributed by atoms with E-state index < -0.39 is 5.97 Å². The first kappa shape index (κ1) is 16.9. The molecule has 1 fully saturated rings. The molecule has 25 heavy (non-hydrogen) atoms. The summed E-state index contributed by atoms with van der Waals surface area (Å²) in [4.78, 5) is 25.3. The van der Waals surface area contributed by atoms with E-state index in [0.29, 0.717) is 6.54 Å². The summed E-state index contributed by atoms with van der Waals surface area (Å²) in [7, 11) is 1.64. The van der Waals surface area contributed by atoms with Gasteiger partial charge in [0.05, 0.1) is 13.3 Å². The van der Waals surface area contributed by atoms with Crippen LogP contribution in [0.4, 0.5) is 0 Å². The molecule has 132 valence electrons. The number of carbonyl (C=O) groups is 2. The van der Waals surface area contributed by atoms with Crippen molar-refractivity contribution in [1.82, 2.24) is 19.9 Å². The summed E-state index contributed by atoms with van der Waals surface area (Å²) in [6, 6.07) is 7.91. The SMILES string of the molecule is COc1ccccc1CC1CCCN1C(=O)Cn1cc(C(=O)O)nn1. The number of methoxy groups -OCH3 is 1. The number of carboxylic acid groups (broad SMARTS) is 1. The highest BCUT2D eigenvalue weighted by atomic mass is 16.5. The minimum Gasteiger partial charge on any atom is -0.496 e. The molecular weight excluding hydrogens is 324 g/mol. The average molecular weight is 344 g/mol. The average Bonchev–Trinajstić information content (AvgIpc) is 3.25. The van der Waals surface area contributed by atoms with Crippen LogP contribution in [-0.2, 0) is 17.8 Å². The Labute approximate surface area is 145 Å². The van der Waals surface area contributed by atoms with Crippen molar-refractivity contribution in [3.63, 3.8) is 0 Å². The molecule has 0 bridgehead atoms. The maximum atomic E-state index is 12.6. The summed E-state index contributed by atoms with van der Waals surface area (Å²) >= 11 is 0. The second kappa shape index (κ2) is 7.33. The molecule has 1 aliphatic rings. The van der Waals surface area contributed by atoms with E-state index in [1.807, 2.05) is 29.2 Å². The van der Waals surface area contributed by atoms with Gasteiger partial charge in [-0.25, -0.2) is 9.48 Å². The first-order valence-corrected chi connectivity index (χ1v) is 8.13. The molecule has 1 atom stereocenters. The maximum Gasteiger partial charge on any atom is 0.358 e. The lowest BCUT2D eigenvalue weighted by Gasteiger charge is -2.25. The molecule has 8 nitrogen and oxygen atoms in total. The van der Waals surface area contributed by atoms with Crippen LogP contribution in [0.2, 0.25) is 0 Å². The third kappa shape index (κ3) is 3.78. The zero-order chi connectivity index (χ0) is 17.8. The highest BCUT2D eigenvalue weighted by Crippen LogP contribution is 2.26. The number of nitrogens with zero attached hydrogens (tertiary/aromatic N) is 4. The third-order valence-electron chi connectivity index (χ3n) is 4.40. The molecule has 0 saturated carbocycles. The number of carbonyl (C=O) groups excluding carboxylic acids is 1. The van der Waals surface area contributed by atoms with E-state index in [0.717, 1.165) is 30.6 Å². The van der Waals surface area contributed by atoms with E-state index >= 15 is 0 Å². The minimum absolute atomic E-state index is 0.0112. The van der Waals surface area contributed by atoms with Crippen molar-refractivity contribution in [1.29, 1.82) is 0 Å². The number of rotatable bonds is 6. The van der Waals surface area contributed by atoms with Gasteiger partial charge in [0, 0.05) is 12.6 Å². The van der Waals surface area contributed by atoms with Crippen LogP contribution in [0.5, 0.6) is 5.75 Å². The molecule has 0 spiro atoms. The molecule has 1 saturated heterocycles. The molecule has 1 aromatic carbocycles. The van der Waals surface area contributed by atoms with Crippen molar-refractivity contribution in [2.45, 2.75) is 31.8 Å². The molecule has 2 aromatic rings. The summed E-state index contributed by atoms with van der Waals surface area (Å²) in [6.45, 7) is 0.682. The highest BCUT2D eigenvalue weighted by Gasteiger charge is 2.29. The molecule has 1 N–H and O–H groups in total. The van der Waals surface area contributed by atoms with Gasteiger partial charge in [-0.1, -0.05) is 23.4 Å². The zero-order valence-corrected chi connectivity index (χ0v) is 14.0. The molecule has 0 aliphatic carbocycles. The van der Waals surface area contributed by atoms with E-state index in [4.69, 9.17) is 9.84 Å². The molecule has 1 unspecified atom stereocenters. The fraction of sp³-hybridized carbons (Fsp3) is 0.412. The van der Waals surface area contributed by atoms with Crippen LogP contribution >= 0.6 is 0 Å². The lowest BCUT2D eigenvalue weighted by atomic mass is 10.0. The van der Waals surface area contributed by atoms with E-state index in [1.165, 1.54) is 10.9 Å². The number of aromatic carboxylic acids is 1. The topological polar surface area (TPSA) is 97.5 Å². The smallest absolute Gasteiger partial charge is 0.358 e. The minimum atomic E-state index is -1.16. The monoisotopic (exact) mass is 344 g/mol. The van der Waals surface area contributed by atoms with Crippen molar-refractivity contribution < 1.29 is 19.4 Å². The molecule has 8 heteroatoms. The van der Waals surface area contributed by atoms with Gasteiger partial charge in [0.2, 0.25) is 5.91 Å². The van der Waals surface area contributed by atoms with Gasteiger partial charge in [-0.05, 0) is 30.9 Å². The molecular formula is C17H20N4O4. The standard InChI is InChI=1S/C17H20N4O4/c1-25-15-7-3-2-5-12(15)9-13-6-4-8-21(13)16(22)11-20-10-14(17(23)24)18-19-20/h2-3,5,7,10,13H,4,6,8-9,11H2,1H3,(H,23,24). The van der Waals surface area contributed by atoms with Crippen LogP contribution in [-0.4, -0.2) is 56.6 Å². The van der Waals surface area contributed by atoms with Crippen molar-refractivity contribution in [2.75, 3.05) is 13.7 Å². The Morgan fingerprint density at radius 2 is 2.16 bits per heavy atom. The Balaban J connectivity index is 1.68. The number of amides is 1. The lowest BCUT2D eigenvalue weighted by molar-refractivity contribution is -0.132. The van der Waals surface area contributed by atoms with E-state index in [-0.39, 0.29) is 24.2 Å². The number of hydrogen-bond donors (Lipinski definition) is 1. The predicted molar refractivity (Wildman–Crippen MR) is 88.4 cm³/mol. The van der Waals surface area contributed by atoms with Crippen LogP contribution in [0.25, 0.3) is 0 Å². The number of likely N-dealkylation sites (tertiary alicyclic amines) is 1. The number of hydrogen-bond acceptors (Lipinski definition) is 5. The fourth-order valence-electron chi connectivity index (χ4n) is 3.20. The van der Waals surface area contributed by atoms with Crippen molar-refractivity contribution in [3.8, 4) is 5.75 Å². The van der Waals surface area contributed by atoms with Gasteiger partial charge in [0.15, 0.2) is 5.69 Å². The molecule has 1 amide bonds. The van der Waals surface area contributed by atoms with Crippen LogP contribution in [0.1, 0.15) is 28.9 Å². The summed E-state index contributed by atoms with van der Waals surface area (Å²) in [5, 5.41) is 16.1. The number of ether oxygens (including phenoxy) is 1. The predicted octanol–water partition coefficient (Wildman–Crippen LogP) is 1.22. The first-order valence-electron chi connectivity index (χ1n) is 8.13. The Hall–Kier alpha value is -2.90. The van der Waals surface area contributed by atoms with Gasteiger partial charge in [0.25, 0.3) is 0 Å². The Kier molecular flexibility index (Phi) is 4.97. The maximum absolute atomic E-state index is 12.6. The lowest BCUT2D eigenvalue weighted by Crippen LogP contribution is -2.39. The van der Waals surface area contributed by atoms with E-state index in [2.05, 4.69) is 10.3 Å². The number of para-hydroxylation sites is 1. The first-order chi connectivity index (χ1) is 12.1. The van der Waals surface area contributed by atoms with Crippen LogP contribution < -0.4 is 4.74 Å². The van der Waals surface area contributed by atoms with Crippen LogP contribution in [0.3, 0.4) is 0 Å². The van der Waals surface area contributed by atoms with Gasteiger partial charge in [-0.15, -0.1) is 5.10 Å². The van der Waals surface area contributed by atoms with Gasteiger partial charge in [-0.3, -0.25) is 4.79 Å². The van der Waals surface area contributed by atoms with Gasteiger partial charge < -0.3 is 14.7 Å². The fourth-order valence-corrected chi connectivity index (χ4v) is 3.20. The van der Waals surface area contributed by atoms with Gasteiger partial charge >= 0.3 is 5.97 Å². The summed E-state index contributed by atoms with van der Waals surface area (Å²) in [5.74, 6) is -0.419. The Bertz CT molecular complexity index is 774. The molecule has 1 aliphatic heterocycles. The van der Waals surface area contributed by atoms with Gasteiger partial charge in [-0.2, -0.15) is 0 Å². The highest BCUT2D eigenvalue weighted by molar-refractivity contribution is 5.84. The third-order valence-corrected chi connectivity index (χ3v) is 4.40. The van der Waals surface area contributed by atoms with Crippen molar-refractivity contribution >= 4 is 11.9 Å². The summed E-state index contributed by atoms with van der Waals surface area (Å²) in [6.07, 6.45) is 3.88. The Morgan fingerprint density at radius 1 is 1.36 bits per heavy atom. The second-order valence-electron chi connectivity index (χ2n) is 6.01. The normalized spacial score (nSPS) is 16.8. The largest absolute Gasteiger partial charge is 0.496 e. The quantitative estimate of drug-likeness (QED) is 0.846. The van der Waals surface area contributed by atoms with Crippen LogP contribution in [0, 0.1) is 0 Å². The van der Waals surface area contributed by atoms with E-state index in [1.54, 1.807) is 7.11 Å². The summed E-state index contributed by atoms with van der Waals surface area (Å²) in [5.41, 5.74) is 0.906. The van der Waals surface area contributed by atoms with Crippen molar-refractivity contribution in [2.24, 2.45) is 0 Å². The molecule has 1 aromatic heterocycles. The second-order valence-corrected chi connectivity index (χ2v) is 6.01. The Morgan fingerprint density at radius 3 is 2.88 bits per heavy atom. The molecule has 2 heterocycles. The zero-order valence-electron chi connectivity index (χ0n) is 14.0. The van der Waals surface area contributed by atoms with Gasteiger partial charge in [0.1, 0.15) is 12.3 Å². The number of benzene rings is 1. The molecule has 0 radical (unpaired) electrons. The van der Waals surface area contributed by atoms with Crippen molar-refractivity contribution in [3.05, 3.63) is 41.7 Å². The number of aromatic nitrogens is 3. The number of carboxylic acids is 1.